The average molecular weight is 283 g/mol. The Labute approximate surface area is 122 Å². The first-order valence-electron chi connectivity index (χ1n) is 6.91. The van der Waals surface area contributed by atoms with Gasteiger partial charge in [-0.05, 0) is 25.5 Å². The Morgan fingerprint density at radius 1 is 1.24 bits per heavy atom. The van der Waals surface area contributed by atoms with Gasteiger partial charge in [-0.1, -0.05) is 18.2 Å². The van der Waals surface area contributed by atoms with Crippen molar-refractivity contribution in [1.29, 1.82) is 0 Å². The van der Waals surface area contributed by atoms with Gasteiger partial charge in [-0.25, -0.2) is 14.6 Å². The molecule has 0 radical (unpaired) electrons. The first-order chi connectivity index (χ1) is 10.3. The van der Waals surface area contributed by atoms with Crippen molar-refractivity contribution in [2.75, 3.05) is 11.9 Å². The van der Waals surface area contributed by atoms with Crippen LogP contribution >= 0.6 is 0 Å². The minimum absolute atomic E-state index is 0.133. The van der Waals surface area contributed by atoms with Crippen LogP contribution in [0, 0.1) is 0 Å². The summed E-state index contributed by atoms with van der Waals surface area (Å²) in [5.41, 5.74) is 1.72. The Morgan fingerprint density at radius 2 is 2.05 bits per heavy atom. The number of hydrogen-bond donors (Lipinski definition) is 2. The molecule has 108 valence electrons. The van der Waals surface area contributed by atoms with Crippen LogP contribution in [0.2, 0.25) is 0 Å². The fourth-order valence-electron chi connectivity index (χ4n) is 2.22. The lowest BCUT2D eigenvalue weighted by atomic mass is 10.2. The molecule has 6 nitrogen and oxygen atoms in total. The van der Waals surface area contributed by atoms with Gasteiger partial charge < -0.3 is 10.4 Å². The van der Waals surface area contributed by atoms with E-state index >= 15 is 0 Å². The molecule has 3 aromatic rings. The minimum Gasteiger partial charge on any atom is -0.396 e. The number of nitrogens with one attached hydrogen (secondary N) is 1. The number of para-hydroxylation sites is 1. The molecule has 2 aromatic heterocycles. The molecular weight excluding hydrogens is 266 g/mol. The maximum Gasteiger partial charge on any atom is 0.168 e. The molecule has 0 aliphatic rings. The van der Waals surface area contributed by atoms with Gasteiger partial charge in [-0.15, -0.1) is 0 Å². The lowest BCUT2D eigenvalue weighted by Gasteiger charge is -2.13. The molecule has 1 atom stereocenters. The molecular formula is C15H17N5O. The average Bonchev–Trinajstić information content (AvgIpc) is 2.93. The number of aliphatic hydroxyl groups excluding tert-OH is 1. The molecule has 1 unspecified atom stereocenters. The molecule has 0 aliphatic heterocycles. The summed E-state index contributed by atoms with van der Waals surface area (Å²) in [7, 11) is 0. The smallest absolute Gasteiger partial charge is 0.168 e. The van der Waals surface area contributed by atoms with Crippen LogP contribution in [0.1, 0.15) is 13.3 Å². The number of aliphatic hydroxyl groups is 1. The van der Waals surface area contributed by atoms with Crippen molar-refractivity contribution in [1.82, 2.24) is 19.7 Å². The van der Waals surface area contributed by atoms with Crippen LogP contribution in [0.3, 0.4) is 0 Å². The fraction of sp³-hybridized carbons (Fsp3) is 0.267. The van der Waals surface area contributed by atoms with E-state index in [-0.39, 0.29) is 12.6 Å². The first kappa shape index (κ1) is 13.5. The van der Waals surface area contributed by atoms with Crippen LogP contribution < -0.4 is 5.32 Å². The number of nitrogens with zero attached hydrogens (tertiary/aromatic N) is 4. The molecule has 3 rings (SSSR count). The zero-order valence-electron chi connectivity index (χ0n) is 11.8. The van der Waals surface area contributed by atoms with Crippen LogP contribution in [0.4, 0.5) is 5.82 Å². The molecule has 0 fully saturated rings. The molecule has 2 N–H and O–H groups in total. The van der Waals surface area contributed by atoms with E-state index < -0.39 is 0 Å². The highest BCUT2D eigenvalue weighted by molar-refractivity contribution is 5.87. The Kier molecular flexibility index (Phi) is 3.79. The van der Waals surface area contributed by atoms with Gasteiger partial charge in [0.25, 0.3) is 0 Å². The van der Waals surface area contributed by atoms with E-state index in [0.29, 0.717) is 6.42 Å². The third-order valence-electron chi connectivity index (χ3n) is 3.31. The second kappa shape index (κ2) is 5.88. The predicted octanol–water partition coefficient (Wildman–Crippen LogP) is 2.00. The van der Waals surface area contributed by atoms with Crippen LogP contribution in [0.15, 0.2) is 42.9 Å². The molecule has 6 heteroatoms. The van der Waals surface area contributed by atoms with Crippen molar-refractivity contribution >= 4 is 16.9 Å². The van der Waals surface area contributed by atoms with Gasteiger partial charge in [-0.3, -0.25) is 0 Å². The highest BCUT2D eigenvalue weighted by atomic mass is 16.3. The van der Waals surface area contributed by atoms with E-state index in [1.807, 2.05) is 37.3 Å². The van der Waals surface area contributed by atoms with E-state index in [4.69, 9.17) is 5.11 Å². The SMILES string of the molecule is CC(CCO)Nc1ncnc2c1cnn2-c1ccccc1. The highest BCUT2D eigenvalue weighted by Crippen LogP contribution is 2.22. The molecule has 0 saturated carbocycles. The van der Waals surface area contributed by atoms with Gasteiger partial charge in [0.2, 0.25) is 0 Å². The quantitative estimate of drug-likeness (QED) is 0.749. The summed E-state index contributed by atoms with van der Waals surface area (Å²) in [5, 5.41) is 17.5. The van der Waals surface area contributed by atoms with E-state index in [0.717, 1.165) is 22.5 Å². The minimum atomic E-state index is 0.133. The van der Waals surface area contributed by atoms with E-state index in [2.05, 4.69) is 20.4 Å². The van der Waals surface area contributed by atoms with Crippen molar-refractivity contribution in [3.05, 3.63) is 42.9 Å². The number of fused-ring (bicyclic) bond motifs is 1. The molecule has 0 aliphatic carbocycles. The summed E-state index contributed by atoms with van der Waals surface area (Å²) in [6.07, 6.45) is 3.95. The number of anilines is 1. The first-order valence-corrected chi connectivity index (χ1v) is 6.91. The molecule has 2 heterocycles. The zero-order valence-corrected chi connectivity index (χ0v) is 11.8. The largest absolute Gasteiger partial charge is 0.396 e. The van der Waals surface area contributed by atoms with Gasteiger partial charge in [0.1, 0.15) is 12.1 Å². The van der Waals surface area contributed by atoms with E-state index in [9.17, 15) is 0 Å². The number of hydrogen-bond acceptors (Lipinski definition) is 5. The summed E-state index contributed by atoms with van der Waals surface area (Å²) in [6.45, 7) is 2.15. The van der Waals surface area contributed by atoms with Crippen molar-refractivity contribution in [3.63, 3.8) is 0 Å². The van der Waals surface area contributed by atoms with Gasteiger partial charge in [0.05, 0.1) is 17.3 Å². The van der Waals surface area contributed by atoms with Gasteiger partial charge in [0, 0.05) is 12.6 Å². The number of rotatable bonds is 5. The van der Waals surface area contributed by atoms with Crippen molar-refractivity contribution in [2.45, 2.75) is 19.4 Å². The van der Waals surface area contributed by atoms with Crippen molar-refractivity contribution in [3.8, 4) is 5.69 Å². The summed E-state index contributed by atoms with van der Waals surface area (Å²) >= 11 is 0. The fourth-order valence-corrected chi connectivity index (χ4v) is 2.22. The Morgan fingerprint density at radius 3 is 2.81 bits per heavy atom. The van der Waals surface area contributed by atoms with Crippen LogP contribution in [-0.4, -0.2) is 37.5 Å². The van der Waals surface area contributed by atoms with Crippen LogP contribution in [0.5, 0.6) is 0 Å². The standard InChI is InChI=1S/C15H17N5O/c1-11(7-8-21)19-14-13-9-18-20(15(13)17-10-16-14)12-5-3-2-4-6-12/h2-6,9-11,21H,7-8H2,1H3,(H,16,17,19). The van der Waals surface area contributed by atoms with Crippen molar-refractivity contribution in [2.24, 2.45) is 0 Å². The molecule has 21 heavy (non-hydrogen) atoms. The Balaban J connectivity index is 2.00. The molecule has 1 aromatic carbocycles. The molecule has 0 bridgehead atoms. The topological polar surface area (TPSA) is 75.9 Å². The number of aromatic nitrogens is 4. The molecule has 0 amide bonds. The number of benzene rings is 1. The highest BCUT2D eigenvalue weighted by Gasteiger charge is 2.12. The summed E-state index contributed by atoms with van der Waals surface area (Å²) < 4.78 is 1.79. The van der Waals surface area contributed by atoms with E-state index in [1.54, 1.807) is 10.9 Å². The Hall–Kier alpha value is -2.47. The Bertz CT molecular complexity index is 725. The monoisotopic (exact) mass is 283 g/mol. The third kappa shape index (κ3) is 2.71. The predicted molar refractivity (Wildman–Crippen MR) is 81.4 cm³/mol. The normalized spacial score (nSPS) is 12.5. The molecule has 0 saturated heterocycles. The van der Waals surface area contributed by atoms with Crippen LogP contribution in [-0.2, 0) is 0 Å². The lowest BCUT2D eigenvalue weighted by molar-refractivity contribution is 0.282. The van der Waals surface area contributed by atoms with Crippen LogP contribution in [0.25, 0.3) is 16.7 Å². The second-order valence-corrected chi connectivity index (χ2v) is 4.91. The molecule has 0 spiro atoms. The lowest BCUT2D eigenvalue weighted by Crippen LogP contribution is -2.17. The maximum absolute atomic E-state index is 8.99. The summed E-state index contributed by atoms with van der Waals surface area (Å²) in [4.78, 5) is 8.61. The maximum atomic E-state index is 8.99. The van der Waals surface area contributed by atoms with Crippen molar-refractivity contribution < 1.29 is 5.11 Å². The summed E-state index contributed by atoms with van der Waals surface area (Å²) in [5.74, 6) is 0.739. The van der Waals surface area contributed by atoms with Gasteiger partial charge >= 0.3 is 0 Å². The third-order valence-corrected chi connectivity index (χ3v) is 3.31. The van der Waals surface area contributed by atoms with E-state index in [1.165, 1.54) is 6.33 Å². The zero-order chi connectivity index (χ0) is 14.7. The summed E-state index contributed by atoms with van der Waals surface area (Å²) in [6, 6.07) is 9.99. The second-order valence-electron chi connectivity index (χ2n) is 4.91. The van der Waals surface area contributed by atoms with Gasteiger partial charge in [-0.2, -0.15) is 5.10 Å². The van der Waals surface area contributed by atoms with Gasteiger partial charge in [0.15, 0.2) is 5.65 Å².